The highest BCUT2D eigenvalue weighted by Gasteiger charge is 2.09. The second-order valence-corrected chi connectivity index (χ2v) is 5.44. The van der Waals surface area contributed by atoms with E-state index in [2.05, 4.69) is 10.2 Å². The van der Waals surface area contributed by atoms with Crippen molar-refractivity contribution in [3.63, 3.8) is 0 Å². The van der Waals surface area contributed by atoms with Crippen LogP contribution in [0.4, 0.5) is 0 Å². The van der Waals surface area contributed by atoms with Gasteiger partial charge in [-0.2, -0.15) is 0 Å². The number of hydrogen-bond donors (Lipinski definition) is 1. The highest BCUT2D eigenvalue weighted by atomic mass is 35.5. The standard InChI is InChI=1S/C15H23ClN2O/c1-19-15-6-5-14(16)12-13(15)4-2-9-18-10-3-7-17-8-11-18/h5-6,12,17H,2-4,7-11H2,1H3. The quantitative estimate of drug-likeness (QED) is 0.898. The summed E-state index contributed by atoms with van der Waals surface area (Å²) in [6.07, 6.45) is 3.42. The van der Waals surface area contributed by atoms with Crippen molar-refractivity contribution in [2.24, 2.45) is 0 Å². The van der Waals surface area contributed by atoms with Crippen molar-refractivity contribution in [2.45, 2.75) is 19.3 Å². The fraction of sp³-hybridized carbons (Fsp3) is 0.600. The number of methoxy groups -OCH3 is 1. The monoisotopic (exact) mass is 282 g/mol. The van der Waals surface area contributed by atoms with E-state index in [0.29, 0.717) is 0 Å². The van der Waals surface area contributed by atoms with E-state index >= 15 is 0 Å². The highest BCUT2D eigenvalue weighted by Crippen LogP contribution is 2.23. The zero-order chi connectivity index (χ0) is 13.5. The molecule has 0 aliphatic carbocycles. The van der Waals surface area contributed by atoms with Crippen LogP contribution in [0.15, 0.2) is 18.2 Å². The van der Waals surface area contributed by atoms with Gasteiger partial charge in [-0.3, -0.25) is 0 Å². The largest absolute Gasteiger partial charge is 0.496 e. The van der Waals surface area contributed by atoms with Crippen molar-refractivity contribution in [3.8, 4) is 5.75 Å². The predicted molar refractivity (Wildman–Crippen MR) is 80.3 cm³/mol. The number of aryl methyl sites for hydroxylation is 1. The molecule has 1 fully saturated rings. The lowest BCUT2D eigenvalue weighted by molar-refractivity contribution is 0.288. The van der Waals surface area contributed by atoms with Gasteiger partial charge in [0.1, 0.15) is 5.75 Å². The third-order valence-corrected chi connectivity index (χ3v) is 3.83. The second-order valence-electron chi connectivity index (χ2n) is 5.00. The van der Waals surface area contributed by atoms with E-state index in [9.17, 15) is 0 Å². The molecule has 19 heavy (non-hydrogen) atoms. The van der Waals surface area contributed by atoms with Gasteiger partial charge in [-0.25, -0.2) is 0 Å². The van der Waals surface area contributed by atoms with Crippen molar-refractivity contribution < 1.29 is 4.74 Å². The normalized spacial score (nSPS) is 17.2. The molecule has 1 saturated heterocycles. The maximum atomic E-state index is 6.05. The highest BCUT2D eigenvalue weighted by molar-refractivity contribution is 6.30. The van der Waals surface area contributed by atoms with Crippen molar-refractivity contribution in [1.82, 2.24) is 10.2 Å². The molecular formula is C15H23ClN2O. The summed E-state index contributed by atoms with van der Waals surface area (Å²) >= 11 is 6.05. The first kappa shape index (κ1) is 14.6. The summed E-state index contributed by atoms with van der Waals surface area (Å²) in [5.41, 5.74) is 1.21. The van der Waals surface area contributed by atoms with Gasteiger partial charge in [0.25, 0.3) is 0 Å². The lowest BCUT2D eigenvalue weighted by Crippen LogP contribution is -2.29. The Balaban J connectivity index is 1.82. The molecule has 0 spiro atoms. The van der Waals surface area contributed by atoms with Crippen LogP contribution in [0.25, 0.3) is 0 Å². The Morgan fingerprint density at radius 2 is 2.21 bits per heavy atom. The van der Waals surface area contributed by atoms with E-state index in [1.54, 1.807) is 7.11 Å². The summed E-state index contributed by atoms with van der Waals surface area (Å²) in [7, 11) is 1.72. The SMILES string of the molecule is COc1ccc(Cl)cc1CCCN1CCCNCC1. The third-order valence-electron chi connectivity index (χ3n) is 3.60. The summed E-state index contributed by atoms with van der Waals surface area (Å²) in [5.74, 6) is 0.946. The van der Waals surface area contributed by atoms with Gasteiger partial charge in [0.15, 0.2) is 0 Å². The first-order valence-corrected chi connectivity index (χ1v) is 7.43. The number of benzene rings is 1. The van der Waals surface area contributed by atoms with Crippen LogP contribution in [-0.4, -0.2) is 44.7 Å². The van der Waals surface area contributed by atoms with E-state index in [1.165, 1.54) is 18.5 Å². The predicted octanol–water partition coefficient (Wildman–Crippen LogP) is 2.58. The molecule has 0 radical (unpaired) electrons. The van der Waals surface area contributed by atoms with Crippen LogP contribution >= 0.6 is 11.6 Å². The number of rotatable bonds is 5. The molecule has 0 atom stereocenters. The summed E-state index contributed by atoms with van der Waals surface area (Å²) in [4.78, 5) is 2.54. The zero-order valence-corrected chi connectivity index (χ0v) is 12.4. The molecule has 106 valence electrons. The molecule has 1 aliphatic rings. The van der Waals surface area contributed by atoms with Crippen molar-refractivity contribution in [2.75, 3.05) is 39.8 Å². The molecule has 4 heteroatoms. The average molecular weight is 283 g/mol. The molecule has 3 nitrogen and oxygen atoms in total. The molecule has 1 aromatic rings. The van der Waals surface area contributed by atoms with E-state index in [0.717, 1.165) is 49.8 Å². The van der Waals surface area contributed by atoms with Gasteiger partial charge in [-0.15, -0.1) is 0 Å². The second kappa shape index (κ2) is 7.73. The number of nitrogens with one attached hydrogen (secondary N) is 1. The summed E-state index contributed by atoms with van der Waals surface area (Å²) < 4.78 is 5.38. The minimum atomic E-state index is 0.787. The molecule has 2 rings (SSSR count). The molecule has 1 heterocycles. The van der Waals surface area contributed by atoms with Crippen LogP contribution in [0.3, 0.4) is 0 Å². The van der Waals surface area contributed by atoms with Crippen molar-refractivity contribution in [1.29, 1.82) is 0 Å². The van der Waals surface area contributed by atoms with Crippen molar-refractivity contribution in [3.05, 3.63) is 28.8 Å². The average Bonchev–Trinajstić information content (AvgIpc) is 2.68. The fourth-order valence-electron chi connectivity index (χ4n) is 2.56. The molecule has 1 N–H and O–H groups in total. The van der Waals surface area contributed by atoms with Gasteiger partial charge in [0.2, 0.25) is 0 Å². The molecular weight excluding hydrogens is 260 g/mol. The molecule has 0 bridgehead atoms. The first-order chi connectivity index (χ1) is 9.29. The van der Waals surface area contributed by atoms with Gasteiger partial charge in [-0.1, -0.05) is 11.6 Å². The number of ether oxygens (including phenoxy) is 1. The van der Waals surface area contributed by atoms with E-state index in [1.807, 2.05) is 18.2 Å². The topological polar surface area (TPSA) is 24.5 Å². The lowest BCUT2D eigenvalue weighted by atomic mass is 10.1. The van der Waals surface area contributed by atoms with Crippen LogP contribution in [0.5, 0.6) is 5.75 Å². The lowest BCUT2D eigenvalue weighted by Gasteiger charge is -2.19. The van der Waals surface area contributed by atoms with Crippen LogP contribution in [0.1, 0.15) is 18.4 Å². The van der Waals surface area contributed by atoms with Crippen molar-refractivity contribution >= 4 is 11.6 Å². The molecule has 1 aliphatic heterocycles. The smallest absolute Gasteiger partial charge is 0.122 e. The molecule has 0 amide bonds. The van der Waals surface area contributed by atoms with Crippen LogP contribution in [-0.2, 0) is 6.42 Å². The summed E-state index contributed by atoms with van der Waals surface area (Å²) in [5, 5.41) is 4.22. The van der Waals surface area contributed by atoms with Crippen LogP contribution in [0.2, 0.25) is 5.02 Å². The summed E-state index contributed by atoms with van der Waals surface area (Å²) in [6, 6.07) is 5.85. The maximum Gasteiger partial charge on any atom is 0.122 e. The van der Waals surface area contributed by atoms with E-state index < -0.39 is 0 Å². The number of nitrogens with zero attached hydrogens (tertiary/aromatic N) is 1. The number of halogens is 1. The molecule has 0 aromatic heterocycles. The van der Waals surface area contributed by atoms with Crippen LogP contribution < -0.4 is 10.1 Å². The Morgan fingerprint density at radius 1 is 1.32 bits per heavy atom. The van der Waals surface area contributed by atoms with Gasteiger partial charge in [-0.05, 0) is 62.7 Å². The minimum absolute atomic E-state index is 0.787. The van der Waals surface area contributed by atoms with Crippen LogP contribution in [0, 0.1) is 0 Å². The Kier molecular flexibility index (Phi) is 5.95. The van der Waals surface area contributed by atoms with Gasteiger partial charge < -0.3 is 15.0 Å². The Bertz CT molecular complexity index is 390. The fourth-order valence-corrected chi connectivity index (χ4v) is 2.76. The first-order valence-electron chi connectivity index (χ1n) is 7.05. The Morgan fingerprint density at radius 3 is 3.05 bits per heavy atom. The van der Waals surface area contributed by atoms with E-state index in [4.69, 9.17) is 16.3 Å². The summed E-state index contributed by atoms with van der Waals surface area (Å²) in [6.45, 7) is 5.78. The zero-order valence-electron chi connectivity index (χ0n) is 11.6. The Hall–Kier alpha value is -0.770. The maximum absolute atomic E-state index is 6.05. The van der Waals surface area contributed by atoms with Gasteiger partial charge in [0.05, 0.1) is 7.11 Å². The molecule has 0 saturated carbocycles. The number of hydrogen-bond acceptors (Lipinski definition) is 3. The minimum Gasteiger partial charge on any atom is -0.496 e. The van der Waals surface area contributed by atoms with Gasteiger partial charge >= 0.3 is 0 Å². The molecule has 0 unspecified atom stereocenters. The van der Waals surface area contributed by atoms with Gasteiger partial charge in [0, 0.05) is 18.1 Å². The molecule has 1 aromatic carbocycles. The third kappa shape index (κ3) is 4.68. The Labute approximate surface area is 120 Å². The van der Waals surface area contributed by atoms with E-state index in [-0.39, 0.29) is 0 Å².